The third-order valence-electron chi connectivity index (χ3n) is 3.95. The Kier molecular flexibility index (Phi) is 4.78. The molecule has 4 heteroatoms. The van der Waals surface area contributed by atoms with Crippen molar-refractivity contribution in [1.29, 1.82) is 0 Å². The number of carbonyl (C=O) groups excluding carboxylic acids is 1. The normalized spacial score (nSPS) is 30.4. The van der Waals surface area contributed by atoms with E-state index in [0.29, 0.717) is 5.92 Å². The van der Waals surface area contributed by atoms with Gasteiger partial charge < -0.3 is 15.0 Å². The van der Waals surface area contributed by atoms with Gasteiger partial charge in [0.25, 0.3) is 0 Å². The molecule has 2 rings (SSSR count). The molecule has 0 bridgehead atoms. The molecule has 2 fully saturated rings. The van der Waals surface area contributed by atoms with Gasteiger partial charge in [-0.15, -0.1) is 0 Å². The summed E-state index contributed by atoms with van der Waals surface area (Å²) in [4.78, 5) is 14.3. The fourth-order valence-corrected chi connectivity index (χ4v) is 2.81. The zero-order chi connectivity index (χ0) is 13.0. The van der Waals surface area contributed by atoms with Crippen molar-refractivity contribution < 1.29 is 9.53 Å². The van der Waals surface area contributed by atoms with E-state index in [-0.39, 0.29) is 11.9 Å². The minimum absolute atomic E-state index is 0.0474. The Balaban J connectivity index is 2.01. The number of rotatable bonds is 3. The average molecular weight is 252 g/mol. The quantitative estimate of drug-likeness (QED) is 0.828. The van der Waals surface area contributed by atoms with Crippen LogP contribution in [0.25, 0.3) is 0 Å². The van der Waals surface area contributed by atoms with E-state index < -0.39 is 0 Å². The van der Waals surface area contributed by atoms with Gasteiger partial charge in [-0.2, -0.15) is 0 Å². The summed E-state index contributed by atoms with van der Waals surface area (Å²) in [6.45, 7) is 6.50. The van der Waals surface area contributed by atoms with Crippen LogP contribution < -0.4 is 5.32 Å². The molecule has 0 aliphatic carbocycles. The van der Waals surface area contributed by atoms with Crippen molar-refractivity contribution in [3.05, 3.63) is 12.3 Å². The van der Waals surface area contributed by atoms with Gasteiger partial charge in [0.2, 0.25) is 5.91 Å². The molecule has 2 saturated heterocycles. The van der Waals surface area contributed by atoms with Gasteiger partial charge in [-0.1, -0.05) is 6.58 Å². The SMILES string of the molecule is C=C1CCCC(NC)C(=O)N1CC1CCCOC1. The van der Waals surface area contributed by atoms with E-state index in [1.807, 2.05) is 11.9 Å². The third kappa shape index (κ3) is 3.12. The maximum Gasteiger partial charge on any atom is 0.243 e. The summed E-state index contributed by atoms with van der Waals surface area (Å²) in [6.07, 6.45) is 5.13. The molecule has 0 radical (unpaired) electrons. The summed E-state index contributed by atoms with van der Waals surface area (Å²) in [5, 5.41) is 3.12. The number of nitrogens with zero attached hydrogens (tertiary/aromatic N) is 1. The molecule has 0 spiro atoms. The number of carbonyl (C=O) groups is 1. The van der Waals surface area contributed by atoms with Crippen LogP contribution in [0.3, 0.4) is 0 Å². The van der Waals surface area contributed by atoms with E-state index >= 15 is 0 Å². The molecule has 2 atom stereocenters. The van der Waals surface area contributed by atoms with Gasteiger partial charge in [0.1, 0.15) is 0 Å². The lowest BCUT2D eigenvalue weighted by atomic mass is 10.0. The molecule has 0 aromatic carbocycles. The second-order valence-corrected chi connectivity index (χ2v) is 5.33. The first kappa shape index (κ1) is 13.6. The van der Waals surface area contributed by atoms with Crippen LogP contribution in [0.15, 0.2) is 12.3 Å². The predicted octanol–water partition coefficient (Wildman–Crippen LogP) is 1.53. The number of amides is 1. The summed E-state index contributed by atoms with van der Waals surface area (Å²) in [5.41, 5.74) is 0.975. The lowest BCUT2D eigenvalue weighted by molar-refractivity contribution is -0.132. The molecule has 2 aliphatic heterocycles. The minimum Gasteiger partial charge on any atom is -0.381 e. The fourth-order valence-electron chi connectivity index (χ4n) is 2.81. The number of likely N-dealkylation sites (tertiary alicyclic amines) is 1. The van der Waals surface area contributed by atoms with Crippen LogP contribution >= 0.6 is 0 Å². The summed E-state index contributed by atoms with van der Waals surface area (Å²) in [6, 6.07) is -0.0474. The van der Waals surface area contributed by atoms with Crippen LogP contribution in [0.1, 0.15) is 32.1 Å². The molecule has 1 amide bonds. The Hall–Kier alpha value is -0.870. The van der Waals surface area contributed by atoms with Crippen molar-refractivity contribution in [1.82, 2.24) is 10.2 Å². The van der Waals surface area contributed by atoms with Crippen LogP contribution in [0, 0.1) is 5.92 Å². The van der Waals surface area contributed by atoms with Crippen LogP contribution in [-0.2, 0) is 9.53 Å². The molecule has 2 unspecified atom stereocenters. The molecule has 0 aromatic rings. The van der Waals surface area contributed by atoms with Crippen molar-refractivity contribution in [3.8, 4) is 0 Å². The second-order valence-electron chi connectivity index (χ2n) is 5.33. The Bertz CT molecular complexity index is 311. The molecular formula is C14H24N2O2. The second kappa shape index (κ2) is 6.34. The van der Waals surface area contributed by atoms with Crippen LogP contribution in [0.5, 0.6) is 0 Å². The maximum atomic E-state index is 12.4. The molecule has 2 aliphatic rings. The van der Waals surface area contributed by atoms with E-state index in [0.717, 1.165) is 57.6 Å². The number of nitrogens with one attached hydrogen (secondary N) is 1. The maximum absolute atomic E-state index is 12.4. The van der Waals surface area contributed by atoms with Crippen molar-refractivity contribution in [2.24, 2.45) is 5.92 Å². The topological polar surface area (TPSA) is 41.6 Å². The standard InChI is InChI=1S/C14H24N2O2/c1-11-5-3-7-13(15-2)14(17)16(11)9-12-6-4-8-18-10-12/h12-13,15H,1,3-10H2,2H3. The fraction of sp³-hybridized carbons (Fsp3) is 0.786. The van der Waals surface area contributed by atoms with Gasteiger partial charge in [0.05, 0.1) is 12.6 Å². The minimum atomic E-state index is -0.0474. The van der Waals surface area contributed by atoms with Crippen LogP contribution in [-0.4, -0.2) is 43.7 Å². The zero-order valence-corrected chi connectivity index (χ0v) is 11.3. The average Bonchev–Trinajstić information content (AvgIpc) is 2.53. The van der Waals surface area contributed by atoms with Crippen LogP contribution in [0.4, 0.5) is 0 Å². The monoisotopic (exact) mass is 252 g/mol. The van der Waals surface area contributed by atoms with E-state index in [1.165, 1.54) is 0 Å². The number of ether oxygens (including phenoxy) is 1. The van der Waals surface area contributed by atoms with Crippen LogP contribution in [0.2, 0.25) is 0 Å². The first-order chi connectivity index (χ1) is 8.72. The summed E-state index contributed by atoms with van der Waals surface area (Å²) in [7, 11) is 1.86. The summed E-state index contributed by atoms with van der Waals surface area (Å²) in [5.74, 6) is 0.653. The molecule has 2 heterocycles. The Morgan fingerprint density at radius 3 is 2.94 bits per heavy atom. The Morgan fingerprint density at radius 2 is 2.28 bits per heavy atom. The smallest absolute Gasteiger partial charge is 0.243 e. The molecule has 0 saturated carbocycles. The van der Waals surface area contributed by atoms with Crippen molar-refractivity contribution in [2.45, 2.75) is 38.1 Å². The Labute approximate surface area is 109 Å². The lowest BCUT2D eigenvalue weighted by Gasteiger charge is -2.31. The number of allylic oxidation sites excluding steroid dienone is 1. The highest BCUT2D eigenvalue weighted by atomic mass is 16.5. The molecule has 4 nitrogen and oxygen atoms in total. The van der Waals surface area contributed by atoms with Gasteiger partial charge in [0, 0.05) is 24.8 Å². The molecule has 0 aromatic heterocycles. The largest absolute Gasteiger partial charge is 0.381 e. The van der Waals surface area contributed by atoms with E-state index in [1.54, 1.807) is 0 Å². The molecular weight excluding hydrogens is 228 g/mol. The molecule has 18 heavy (non-hydrogen) atoms. The zero-order valence-electron chi connectivity index (χ0n) is 11.3. The molecule has 102 valence electrons. The molecule has 1 N–H and O–H groups in total. The van der Waals surface area contributed by atoms with E-state index in [9.17, 15) is 4.79 Å². The van der Waals surface area contributed by atoms with Crippen molar-refractivity contribution >= 4 is 5.91 Å². The van der Waals surface area contributed by atoms with Gasteiger partial charge in [-0.3, -0.25) is 4.79 Å². The third-order valence-corrected chi connectivity index (χ3v) is 3.95. The Morgan fingerprint density at radius 1 is 1.44 bits per heavy atom. The number of hydrogen-bond donors (Lipinski definition) is 1. The first-order valence-electron chi connectivity index (χ1n) is 6.96. The van der Waals surface area contributed by atoms with Crippen molar-refractivity contribution in [2.75, 3.05) is 26.8 Å². The van der Waals surface area contributed by atoms with Gasteiger partial charge in [-0.05, 0) is 39.2 Å². The van der Waals surface area contributed by atoms with E-state index in [4.69, 9.17) is 4.74 Å². The van der Waals surface area contributed by atoms with E-state index in [2.05, 4.69) is 11.9 Å². The van der Waals surface area contributed by atoms with Gasteiger partial charge in [-0.25, -0.2) is 0 Å². The highest BCUT2D eigenvalue weighted by molar-refractivity contribution is 5.83. The highest BCUT2D eigenvalue weighted by Gasteiger charge is 2.30. The van der Waals surface area contributed by atoms with Crippen molar-refractivity contribution in [3.63, 3.8) is 0 Å². The summed E-state index contributed by atoms with van der Waals surface area (Å²) >= 11 is 0. The number of hydrogen-bond acceptors (Lipinski definition) is 3. The number of likely N-dealkylation sites (N-methyl/N-ethyl adjacent to an activating group) is 1. The highest BCUT2D eigenvalue weighted by Crippen LogP contribution is 2.23. The lowest BCUT2D eigenvalue weighted by Crippen LogP contribution is -2.45. The summed E-state index contributed by atoms with van der Waals surface area (Å²) < 4.78 is 5.50. The first-order valence-corrected chi connectivity index (χ1v) is 6.96. The van der Waals surface area contributed by atoms with Gasteiger partial charge in [0.15, 0.2) is 0 Å². The van der Waals surface area contributed by atoms with Gasteiger partial charge >= 0.3 is 0 Å². The predicted molar refractivity (Wildman–Crippen MR) is 71.1 cm³/mol.